The van der Waals surface area contributed by atoms with E-state index in [1.807, 2.05) is 13.8 Å². The molecular formula is C13H21KO4. The van der Waals surface area contributed by atoms with Gasteiger partial charge in [0.1, 0.15) is 11.6 Å². The summed E-state index contributed by atoms with van der Waals surface area (Å²) in [5, 5.41) is 10.5. The molecule has 18 heavy (non-hydrogen) atoms. The van der Waals surface area contributed by atoms with Crippen LogP contribution in [-0.2, 0) is 14.4 Å². The van der Waals surface area contributed by atoms with Crippen molar-refractivity contribution >= 4 is 17.5 Å². The fourth-order valence-corrected chi connectivity index (χ4v) is 1.89. The molecule has 0 radical (unpaired) electrons. The van der Waals surface area contributed by atoms with Crippen molar-refractivity contribution in [3.63, 3.8) is 0 Å². The van der Waals surface area contributed by atoms with Gasteiger partial charge in [-0.15, -0.1) is 0 Å². The number of rotatable bonds is 9. The van der Waals surface area contributed by atoms with Gasteiger partial charge in [-0.3, -0.25) is 9.59 Å². The zero-order valence-corrected chi connectivity index (χ0v) is 14.9. The molecule has 0 spiro atoms. The van der Waals surface area contributed by atoms with Crippen molar-refractivity contribution in [3.05, 3.63) is 0 Å². The van der Waals surface area contributed by atoms with E-state index in [2.05, 4.69) is 0 Å². The summed E-state index contributed by atoms with van der Waals surface area (Å²) in [6.07, 6.45) is 1.45. The maximum absolute atomic E-state index is 11.7. The molecule has 0 amide bonds. The number of ketones is 2. The van der Waals surface area contributed by atoms with Crippen LogP contribution in [0.2, 0.25) is 0 Å². The molecule has 0 saturated carbocycles. The first kappa shape index (κ1) is 20.8. The predicted octanol–water partition coefficient (Wildman–Crippen LogP) is -1.88. The molecule has 0 aromatic rings. The number of hydrogen-bond acceptors (Lipinski definition) is 4. The van der Waals surface area contributed by atoms with Gasteiger partial charge in [0.2, 0.25) is 0 Å². The molecule has 98 valence electrons. The Balaban J connectivity index is 0. The number of carboxylic acids is 1. The van der Waals surface area contributed by atoms with Gasteiger partial charge in [-0.25, -0.2) is 0 Å². The summed E-state index contributed by atoms with van der Waals surface area (Å²) in [7, 11) is 0. The Morgan fingerprint density at radius 3 is 1.61 bits per heavy atom. The minimum absolute atomic E-state index is 0. The van der Waals surface area contributed by atoms with E-state index in [1.54, 1.807) is 6.92 Å². The molecule has 0 aromatic heterocycles. The third kappa shape index (κ3) is 7.79. The number of aliphatic carboxylic acids is 1. The van der Waals surface area contributed by atoms with Crippen molar-refractivity contribution in [2.24, 2.45) is 11.8 Å². The van der Waals surface area contributed by atoms with Crippen LogP contribution in [-0.4, -0.2) is 17.5 Å². The Bertz CT molecular complexity index is 285. The van der Waals surface area contributed by atoms with Gasteiger partial charge >= 0.3 is 51.4 Å². The zero-order chi connectivity index (χ0) is 13.4. The van der Waals surface area contributed by atoms with Gasteiger partial charge in [-0.2, -0.15) is 0 Å². The molecule has 0 aliphatic rings. The quantitative estimate of drug-likeness (QED) is 0.366. The van der Waals surface area contributed by atoms with Gasteiger partial charge in [0.25, 0.3) is 0 Å². The van der Waals surface area contributed by atoms with Crippen molar-refractivity contribution in [3.8, 4) is 0 Å². The molecular weight excluding hydrogens is 259 g/mol. The molecule has 0 N–H and O–H groups in total. The molecule has 1 unspecified atom stereocenters. The standard InChI is InChI=1S/C13H22O4.K/c1-4-9(5-2)11(14)8-12(15)10(6-3)7-13(16)17;/h9-10H,4-8H2,1-3H3,(H,16,17);/q;+1/p-1. The minimum Gasteiger partial charge on any atom is -0.550 e. The van der Waals surface area contributed by atoms with Crippen LogP contribution in [0.25, 0.3) is 0 Å². The Morgan fingerprint density at radius 2 is 1.28 bits per heavy atom. The first-order valence-electron chi connectivity index (χ1n) is 6.21. The normalized spacial score (nSPS) is 11.8. The second kappa shape index (κ2) is 11.3. The molecule has 0 aliphatic carbocycles. The molecule has 0 fully saturated rings. The Labute approximate surface area is 151 Å². The van der Waals surface area contributed by atoms with Crippen molar-refractivity contribution in [2.75, 3.05) is 0 Å². The Kier molecular flexibility index (Phi) is 13.0. The van der Waals surface area contributed by atoms with Crippen LogP contribution in [0.5, 0.6) is 0 Å². The Hall–Kier alpha value is 0.446. The summed E-state index contributed by atoms with van der Waals surface area (Å²) in [4.78, 5) is 33.9. The molecule has 0 aliphatic heterocycles. The van der Waals surface area contributed by atoms with E-state index < -0.39 is 11.9 Å². The number of carbonyl (C=O) groups is 3. The van der Waals surface area contributed by atoms with Gasteiger partial charge in [0.15, 0.2) is 0 Å². The van der Waals surface area contributed by atoms with Crippen molar-refractivity contribution in [2.45, 2.75) is 52.9 Å². The first-order chi connectivity index (χ1) is 7.96. The van der Waals surface area contributed by atoms with E-state index >= 15 is 0 Å². The minimum atomic E-state index is -1.24. The number of carbonyl (C=O) groups excluding carboxylic acids is 3. The van der Waals surface area contributed by atoms with E-state index in [4.69, 9.17) is 0 Å². The van der Waals surface area contributed by atoms with Gasteiger partial charge in [0.05, 0.1) is 6.42 Å². The zero-order valence-electron chi connectivity index (χ0n) is 11.8. The summed E-state index contributed by atoms with van der Waals surface area (Å²) in [6, 6.07) is 0. The van der Waals surface area contributed by atoms with Gasteiger partial charge in [-0.05, 0) is 25.7 Å². The van der Waals surface area contributed by atoms with Crippen LogP contribution in [0, 0.1) is 11.8 Å². The van der Waals surface area contributed by atoms with E-state index in [0.29, 0.717) is 6.42 Å². The number of carboxylic acid groups (broad SMARTS) is 1. The van der Waals surface area contributed by atoms with Crippen molar-refractivity contribution in [1.29, 1.82) is 0 Å². The molecule has 5 heteroatoms. The van der Waals surface area contributed by atoms with Gasteiger partial charge < -0.3 is 9.90 Å². The fourth-order valence-electron chi connectivity index (χ4n) is 1.89. The maximum Gasteiger partial charge on any atom is 1.00 e. The maximum atomic E-state index is 11.7. The van der Waals surface area contributed by atoms with E-state index in [1.165, 1.54) is 0 Å². The summed E-state index contributed by atoms with van der Waals surface area (Å²) in [6.45, 7) is 5.57. The molecule has 0 aromatic carbocycles. The molecule has 0 rings (SSSR count). The fraction of sp³-hybridized carbons (Fsp3) is 0.769. The molecule has 0 saturated heterocycles. The van der Waals surface area contributed by atoms with E-state index in [-0.39, 0.29) is 81.7 Å². The number of Topliss-reactive ketones (excluding diaryl/α,β-unsaturated/α-hetero) is 2. The summed E-state index contributed by atoms with van der Waals surface area (Å²) in [5.74, 6) is -2.25. The predicted molar refractivity (Wildman–Crippen MR) is 62.1 cm³/mol. The average molecular weight is 280 g/mol. The van der Waals surface area contributed by atoms with E-state index in [9.17, 15) is 19.5 Å². The summed E-state index contributed by atoms with van der Waals surface area (Å²) >= 11 is 0. The second-order valence-corrected chi connectivity index (χ2v) is 4.30. The van der Waals surface area contributed by atoms with Crippen LogP contribution < -0.4 is 56.5 Å². The number of hydrogen-bond donors (Lipinski definition) is 0. The van der Waals surface area contributed by atoms with Crippen LogP contribution in [0.4, 0.5) is 0 Å². The average Bonchev–Trinajstić information content (AvgIpc) is 2.26. The SMILES string of the molecule is CCC(CC)C(=O)CC(=O)C(CC)CC(=O)[O-].[K+]. The largest absolute Gasteiger partial charge is 1.00 e. The third-order valence-electron chi connectivity index (χ3n) is 3.15. The van der Waals surface area contributed by atoms with Crippen LogP contribution in [0.15, 0.2) is 0 Å². The van der Waals surface area contributed by atoms with Crippen LogP contribution in [0.1, 0.15) is 52.9 Å². The summed E-state index contributed by atoms with van der Waals surface area (Å²) in [5.41, 5.74) is 0. The molecule has 0 bridgehead atoms. The molecule has 1 atom stereocenters. The topological polar surface area (TPSA) is 74.3 Å². The van der Waals surface area contributed by atoms with E-state index in [0.717, 1.165) is 12.8 Å². The first-order valence-corrected chi connectivity index (χ1v) is 6.21. The summed E-state index contributed by atoms with van der Waals surface area (Å²) < 4.78 is 0. The monoisotopic (exact) mass is 280 g/mol. The van der Waals surface area contributed by atoms with Gasteiger partial charge in [0, 0.05) is 17.8 Å². The smallest absolute Gasteiger partial charge is 0.550 e. The van der Waals surface area contributed by atoms with Gasteiger partial charge in [-0.1, -0.05) is 20.8 Å². The molecule has 4 nitrogen and oxygen atoms in total. The third-order valence-corrected chi connectivity index (χ3v) is 3.15. The van der Waals surface area contributed by atoms with Crippen molar-refractivity contribution < 1.29 is 70.9 Å². The second-order valence-electron chi connectivity index (χ2n) is 4.30. The van der Waals surface area contributed by atoms with Crippen LogP contribution >= 0.6 is 0 Å². The molecule has 0 heterocycles. The van der Waals surface area contributed by atoms with Crippen molar-refractivity contribution in [1.82, 2.24) is 0 Å². The van der Waals surface area contributed by atoms with Crippen LogP contribution in [0.3, 0.4) is 0 Å². The Morgan fingerprint density at radius 1 is 0.889 bits per heavy atom.